The van der Waals surface area contributed by atoms with Gasteiger partial charge in [-0.3, -0.25) is 4.98 Å². The number of aromatic nitrogens is 3. The SMILES string of the molecule is CCCc1nc(Cc2ccncc2)nc(N)c1I. The molecule has 4 nitrogen and oxygen atoms in total. The zero-order chi connectivity index (χ0) is 13.0. The average molecular weight is 354 g/mol. The molecule has 0 amide bonds. The van der Waals surface area contributed by atoms with E-state index in [0.29, 0.717) is 12.2 Å². The van der Waals surface area contributed by atoms with E-state index in [1.807, 2.05) is 12.1 Å². The van der Waals surface area contributed by atoms with Gasteiger partial charge < -0.3 is 5.73 Å². The third-order valence-electron chi connectivity index (χ3n) is 2.59. The highest BCUT2D eigenvalue weighted by atomic mass is 127. The van der Waals surface area contributed by atoms with Crippen LogP contribution in [0.1, 0.15) is 30.4 Å². The summed E-state index contributed by atoms with van der Waals surface area (Å²) in [5.41, 5.74) is 8.13. The van der Waals surface area contributed by atoms with Gasteiger partial charge in [0.15, 0.2) is 0 Å². The van der Waals surface area contributed by atoms with Crippen LogP contribution in [0.4, 0.5) is 5.82 Å². The molecule has 0 bridgehead atoms. The lowest BCUT2D eigenvalue weighted by Crippen LogP contribution is -2.08. The van der Waals surface area contributed by atoms with Crippen molar-refractivity contribution in [3.63, 3.8) is 0 Å². The first-order valence-electron chi connectivity index (χ1n) is 5.90. The second-order valence-corrected chi connectivity index (χ2v) is 5.15. The summed E-state index contributed by atoms with van der Waals surface area (Å²) < 4.78 is 0.980. The average Bonchev–Trinajstić information content (AvgIpc) is 2.37. The Balaban J connectivity index is 2.28. The largest absolute Gasteiger partial charge is 0.383 e. The van der Waals surface area contributed by atoms with Crippen LogP contribution >= 0.6 is 22.6 Å². The molecule has 5 heteroatoms. The molecule has 2 aromatic heterocycles. The van der Waals surface area contributed by atoms with Crippen LogP contribution in [0.25, 0.3) is 0 Å². The molecular formula is C13H15IN4. The van der Waals surface area contributed by atoms with Gasteiger partial charge in [-0.2, -0.15) is 0 Å². The third kappa shape index (κ3) is 3.16. The lowest BCUT2D eigenvalue weighted by atomic mass is 10.2. The monoisotopic (exact) mass is 354 g/mol. The molecule has 0 radical (unpaired) electrons. The molecule has 2 N–H and O–H groups in total. The number of aryl methyl sites for hydroxylation is 1. The molecule has 2 aromatic rings. The fourth-order valence-corrected chi connectivity index (χ4v) is 2.24. The highest BCUT2D eigenvalue weighted by Gasteiger charge is 2.09. The summed E-state index contributed by atoms with van der Waals surface area (Å²) >= 11 is 2.22. The summed E-state index contributed by atoms with van der Waals surface area (Å²) in [4.78, 5) is 12.9. The predicted octanol–water partition coefficient (Wildman–Crippen LogP) is 2.60. The molecule has 0 atom stereocenters. The standard InChI is InChI=1S/C13H15IN4/c1-2-3-10-12(14)13(15)18-11(17-10)8-9-4-6-16-7-5-9/h4-7H,2-3,8H2,1H3,(H2,15,17,18). The number of halogens is 1. The summed E-state index contributed by atoms with van der Waals surface area (Å²) in [7, 11) is 0. The van der Waals surface area contributed by atoms with E-state index >= 15 is 0 Å². The van der Waals surface area contributed by atoms with Crippen LogP contribution in [0.5, 0.6) is 0 Å². The maximum atomic E-state index is 5.93. The Morgan fingerprint density at radius 1 is 1.22 bits per heavy atom. The van der Waals surface area contributed by atoms with E-state index in [0.717, 1.165) is 33.5 Å². The van der Waals surface area contributed by atoms with Crippen molar-refractivity contribution < 1.29 is 0 Å². The number of nitrogen functional groups attached to an aromatic ring is 1. The molecule has 0 saturated heterocycles. The summed E-state index contributed by atoms with van der Waals surface area (Å²) in [6.45, 7) is 2.14. The van der Waals surface area contributed by atoms with E-state index in [1.54, 1.807) is 12.4 Å². The van der Waals surface area contributed by atoms with Crippen molar-refractivity contribution in [2.24, 2.45) is 0 Å². The van der Waals surface area contributed by atoms with E-state index < -0.39 is 0 Å². The summed E-state index contributed by atoms with van der Waals surface area (Å²) in [5, 5.41) is 0. The Hall–Kier alpha value is -1.24. The molecule has 0 aliphatic rings. The molecule has 0 saturated carbocycles. The Morgan fingerprint density at radius 2 is 1.94 bits per heavy atom. The van der Waals surface area contributed by atoms with E-state index in [4.69, 9.17) is 5.73 Å². The molecule has 0 fully saturated rings. The lowest BCUT2D eigenvalue weighted by molar-refractivity contribution is 0.836. The van der Waals surface area contributed by atoms with Crippen LogP contribution in [0.15, 0.2) is 24.5 Å². The quantitative estimate of drug-likeness (QED) is 0.858. The van der Waals surface area contributed by atoms with Gasteiger partial charge in [0, 0.05) is 18.8 Å². The second kappa shape index (κ2) is 6.08. The van der Waals surface area contributed by atoms with Crippen molar-refractivity contribution in [1.29, 1.82) is 0 Å². The van der Waals surface area contributed by atoms with E-state index in [-0.39, 0.29) is 0 Å². The van der Waals surface area contributed by atoms with Gasteiger partial charge in [-0.15, -0.1) is 0 Å². The van der Waals surface area contributed by atoms with Gasteiger partial charge in [-0.1, -0.05) is 13.3 Å². The summed E-state index contributed by atoms with van der Waals surface area (Å²) in [5.74, 6) is 1.36. The minimum absolute atomic E-state index is 0.582. The van der Waals surface area contributed by atoms with Crippen molar-refractivity contribution >= 4 is 28.4 Å². The molecule has 2 rings (SSSR count). The van der Waals surface area contributed by atoms with Gasteiger partial charge in [0.25, 0.3) is 0 Å². The molecule has 18 heavy (non-hydrogen) atoms. The number of nitrogens with zero attached hydrogens (tertiary/aromatic N) is 3. The maximum Gasteiger partial charge on any atom is 0.140 e. The molecular weight excluding hydrogens is 339 g/mol. The number of anilines is 1. The molecule has 0 aliphatic heterocycles. The minimum atomic E-state index is 0.582. The molecule has 2 heterocycles. The van der Waals surface area contributed by atoms with Gasteiger partial charge in [0.1, 0.15) is 11.6 Å². The van der Waals surface area contributed by atoms with Crippen molar-refractivity contribution in [2.45, 2.75) is 26.2 Å². The van der Waals surface area contributed by atoms with Crippen molar-refractivity contribution in [3.8, 4) is 0 Å². The number of rotatable bonds is 4. The highest BCUT2D eigenvalue weighted by Crippen LogP contribution is 2.18. The van der Waals surface area contributed by atoms with Gasteiger partial charge >= 0.3 is 0 Å². The Bertz CT molecular complexity index is 528. The third-order valence-corrected chi connectivity index (χ3v) is 3.77. The summed E-state index contributed by atoms with van der Waals surface area (Å²) in [6.07, 6.45) is 6.24. The minimum Gasteiger partial charge on any atom is -0.383 e. The van der Waals surface area contributed by atoms with Crippen LogP contribution in [-0.4, -0.2) is 15.0 Å². The van der Waals surface area contributed by atoms with Crippen LogP contribution in [0.2, 0.25) is 0 Å². The number of nitrogens with two attached hydrogens (primary N) is 1. The van der Waals surface area contributed by atoms with E-state index in [2.05, 4.69) is 44.5 Å². The second-order valence-electron chi connectivity index (χ2n) is 4.07. The highest BCUT2D eigenvalue weighted by molar-refractivity contribution is 14.1. The molecule has 94 valence electrons. The smallest absolute Gasteiger partial charge is 0.140 e. The maximum absolute atomic E-state index is 5.93. The van der Waals surface area contributed by atoms with Crippen LogP contribution < -0.4 is 5.73 Å². The first-order chi connectivity index (χ1) is 8.70. The fraction of sp³-hybridized carbons (Fsp3) is 0.308. The number of pyridine rings is 1. The van der Waals surface area contributed by atoms with Crippen molar-refractivity contribution in [3.05, 3.63) is 45.2 Å². The van der Waals surface area contributed by atoms with Crippen LogP contribution in [0.3, 0.4) is 0 Å². The molecule has 0 aromatic carbocycles. The number of hydrogen-bond acceptors (Lipinski definition) is 4. The molecule has 0 spiro atoms. The van der Waals surface area contributed by atoms with E-state index in [9.17, 15) is 0 Å². The van der Waals surface area contributed by atoms with Crippen LogP contribution in [-0.2, 0) is 12.8 Å². The zero-order valence-corrected chi connectivity index (χ0v) is 12.4. The first kappa shape index (κ1) is 13.2. The van der Waals surface area contributed by atoms with Gasteiger partial charge in [-0.05, 0) is 46.7 Å². The first-order valence-corrected chi connectivity index (χ1v) is 6.98. The molecule has 0 aliphatic carbocycles. The van der Waals surface area contributed by atoms with Gasteiger partial charge in [0.2, 0.25) is 0 Å². The van der Waals surface area contributed by atoms with Gasteiger partial charge in [0.05, 0.1) is 9.26 Å². The normalized spacial score (nSPS) is 10.6. The Labute approximate surface area is 120 Å². The number of hydrogen-bond donors (Lipinski definition) is 1. The van der Waals surface area contributed by atoms with Crippen molar-refractivity contribution in [1.82, 2.24) is 15.0 Å². The topological polar surface area (TPSA) is 64.7 Å². The predicted molar refractivity (Wildman–Crippen MR) is 80.2 cm³/mol. The van der Waals surface area contributed by atoms with E-state index in [1.165, 1.54) is 0 Å². The Morgan fingerprint density at radius 3 is 2.61 bits per heavy atom. The fourth-order valence-electron chi connectivity index (χ4n) is 1.73. The Kier molecular flexibility index (Phi) is 4.46. The molecule has 0 unspecified atom stereocenters. The van der Waals surface area contributed by atoms with Crippen molar-refractivity contribution in [2.75, 3.05) is 5.73 Å². The summed E-state index contributed by atoms with van der Waals surface area (Å²) in [6, 6.07) is 3.94. The van der Waals surface area contributed by atoms with Crippen LogP contribution in [0, 0.1) is 3.57 Å². The van der Waals surface area contributed by atoms with Gasteiger partial charge in [-0.25, -0.2) is 9.97 Å². The zero-order valence-electron chi connectivity index (χ0n) is 10.2. The lowest BCUT2D eigenvalue weighted by Gasteiger charge is -2.08.